The summed E-state index contributed by atoms with van der Waals surface area (Å²) in [4.78, 5) is 11.5. The average molecular weight is 180 g/mol. The van der Waals surface area contributed by atoms with Crippen molar-refractivity contribution in [2.75, 3.05) is 6.54 Å². The quantitative estimate of drug-likeness (QED) is 0.599. The van der Waals surface area contributed by atoms with Gasteiger partial charge in [0.05, 0.1) is 12.5 Å². The second-order valence-electron chi connectivity index (χ2n) is 3.35. The molecule has 1 amide bonds. The van der Waals surface area contributed by atoms with Crippen LogP contribution in [0.25, 0.3) is 0 Å². The molecular weight excluding hydrogens is 164 g/mol. The smallest absolute Gasteiger partial charge is 0.225 e. The number of hydrogen-bond acceptors (Lipinski definition) is 2. The summed E-state index contributed by atoms with van der Waals surface area (Å²) in [7, 11) is 0. The highest BCUT2D eigenvalue weighted by atomic mass is 16.1. The summed E-state index contributed by atoms with van der Waals surface area (Å²) in [5, 5.41) is 2.76. The molecule has 3 nitrogen and oxygen atoms in total. The van der Waals surface area contributed by atoms with Gasteiger partial charge in [0.1, 0.15) is 0 Å². The Kier molecular flexibility index (Phi) is 3.78. The molecule has 0 bridgehead atoms. The van der Waals surface area contributed by atoms with E-state index in [1.807, 2.05) is 0 Å². The lowest BCUT2D eigenvalue weighted by Gasteiger charge is -2.13. The number of hydrogen-bond donors (Lipinski definition) is 2. The molecule has 1 rings (SSSR count). The van der Waals surface area contributed by atoms with E-state index in [-0.39, 0.29) is 17.9 Å². The fourth-order valence-corrected chi connectivity index (χ4v) is 1.67. The number of rotatable bonds is 2. The van der Waals surface area contributed by atoms with Gasteiger partial charge in [0.15, 0.2) is 0 Å². The van der Waals surface area contributed by atoms with E-state index in [0.29, 0.717) is 6.54 Å². The minimum absolute atomic E-state index is 0.0126. The predicted octanol–water partition coefficient (Wildman–Crippen LogP) is 0.253. The summed E-state index contributed by atoms with van der Waals surface area (Å²) in [5.74, 6) is 5.60. The minimum atomic E-state index is 0.0126. The van der Waals surface area contributed by atoms with E-state index in [4.69, 9.17) is 5.73 Å². The molecule has 2 atom stereocenters. The Hall–Kier alpha value is -1.01. The van der Waals surface area contributed by atoms with Crippen molar-refractivity contribution in [3.8, 4) is 11.8 Å². The summed E-state index contributed by atoms with van der Waals surface area (Å²) in [6.45, 7) is 2.20. The number of carbonyl (C=O) groups excluding carboxylic acids is 1. The molecular formula is C10H16N2O. The van der Waals surface area contributed by atoms with E-state index in [1.54, 1.807) is 6.92 Å². The van der Waals surface area contributed by atoms with Gasteiger partial charge in [-0.2, -0.15) is 0 Å². The Morgan fingerprint density at radius 2 is 2.38 bits per heavy atom. The molecule has 3 N–H and O–H groups in total. The Bertz CT molecular complexity index is 239. The number of carbonyl (C=O) groups is 1. The third-order valence-corrected chi connectivity index (χ3v) is 2.43. The molecule has 0 aromatic rings. The lowest BCUT2D eigenvalue weighted by atomic mass is 10.0. The van der Waals surface area contributed by atoms with Crippen molar-refractivity contribution in [2.45, 2.75) is 32.2 Å². The van der Waals surface area contributed by atoms with E-state index in [1.165, 1.54) is 0 Å². The monoisotopic (exact) mass is 180 g/mol. The zero-order chi connectivity index (χ0) is 9.68. The van der Waals surface area contributed by atoms with Gasteiger partial charge in [-0.1, -0.05) is 12.3 Å². The predicted molar refractivity (Wildman–Crippen MR) is 51.8 cm³/mol. The van der Waals surface area contributed by atoms with Crippen molar-refractivity contribution in [3.63, 3.8) is 0 Å². The van der Waals surface area contributed by atoms with Gasteiger partial charge in [-0.15, -0.1) is 5.92 Å². The number of nitrogens with two attached hydrogens (primary N) is 1. The highest BCUT2D eigenvalue weighted by molar-refractivity contribution is 5.79. The van der Waals surface area contributed by atoms with Crippen LogP contribution in [0.15, 0.2) is 0 Å². The first-order valence-corrected chi connectivity index (χ1v) is 4.68. The largest absolute Gasteiger partial charge is 0.345 e. The van der Waals surface area contributed by atoms with Crippen molar-refractivity contribution >= 4 is 5.91 Å². The van der Waals surface area contributed by atoms with Gasteiger partial charge in [-0.25, -0.2) is 0 Å². The van der Waals surface area contributed by atoms with Gasteiger partial charge < -0.3 is 11.1 Å². The molecule has 0 aromatic heterocycles. The highest BCUT2D eigenvalue weighted by Gasteiger charge is 2.29. The van der Waals surface area contributed by atoms with Crippen molar-refractivity contribution in [2.24, 2.45) is 11.7 Å². The third kappa shape index (κ3) is 2.74. The maximum absolute atomic E-state index is 11.5. The number of amides is 1. The molecule has 1 saturated carbocycles. The van der Waals surface area contributed by atoms with Gasteiger partial charge in [0, 0.05) is 6.04 Å². The fraction of sp³-hybridized carbons (Fsp3) is 0.700. The van der Waals surface area contributed by atoms with Gasteiger partial charge >= 0.3 is 0 Å². The van der Waals surface area contributed by atoms with E-state index in [0.717, 1.165) is 19.3 Å². The lowest BCUT2D eigenvalue weighted by Crippen LogP contribution is -2.38. The van der Waals surface area contributed by atoms with Crippen LogP contribution < -0.4 is 11.1 Å². The Morgan fingerprint density at radius 1 is 1.62 bits per heavy atom. The zero-order valence-electron chi connectivity index (χ0n) is 7.97. The van der Waals surface area contributed by atoms with Crippen molar-refractivity contribution < 1.29 is 4.79 Å². The van der Waals surface area contributed by atoms with Gasteiger partial charge in [0.2, 0.25) is 5.91 Å². The molecule has 0 aromatic carbocycles. The Morgan fingerprint density at radius 3 is 2.92 bits per heavy atom. The van der Waals surface area contributed by atoms with Crippen molar-refractivity contribution in [3.05, 3.63) is 0 Å². The lowest BCUT2D eigenvalue weighted by molar-refractivity contribution is -0.124. The van der Waals surface area contributed by atoms with Crippen LogP contribution in [0, 0.1) is 17.8 Å². The van der Waals surface area contributed by atoms with Crippen LogP contribution in [0.3, 0.4) is 0 Å². The second-order valence-corrected chi connectivity index (χ2v) is 3.35. The third-order valence-electron chi connectivity index (χ3n) is 2.43. The summed E-state index contributed by atoms with van der Waals surface area (Å²) < 4.78 is 0. The molecule has 0 saturated heterocycles. The van der Waals surface area contributed by atoms with E-state index >= 15 is 0 Å². The van der Waals surface area contributed by atoms with Crippen LogP contribution in [-0.4, -0.2) is 18.5 Å². The van der Waals surface area contributed by atoms with Crippen LogP contribution in [-0.2, 0) is 4.79 Å². The summed E-state index contributed by atoms with van der Waals surface area (Å²) in [6.07, 6.45) is 2.96. The molecule has 2 unspecified atom stereocenters. The van der Waals surface area contributed by atoms with E-state index in [2.05, 4.69) is 17.2 Å². The second kappa shape index (κ2) is 4.88. The zero-order valence-corrected chi connectivity index (χ0v) is 7.97. The first kappa shape index (κ1) is 10.1. The van der Waals surface area contributed by atoms with Crippen LogP contribution in [0.2, 0.25) is 0 Å². The van der Waals surface area contributed by atoms with Crippen LogP contribution in [0.5, 0.6) is 0 Å². The molecule has 3 heteroatoms. The fourth-order valence-electron chi connectivity index (χ4n) is 1.67. The van der Waals surface area contributed by atoms with Crippen LogP contribution in [0.1, 0.15) is 26.2 Å². The topological polar surface area (TPSA) is 55.1 Å². The van der Waals surface area contributed by atoms with Crippen molar-refractivity contribution in [1.29, 1.82) is 0 Å². The molecule has 13 heavy (non-hydrogen) atoms. The molecule has 1 aliphatic rings. The Labute approximate surface area is 79.1 Å². The molecule has 0 spiro atoms. The van der Waals surface area contributed by atoms with Gasteiger partial charge in [-0.05, 0) is 19.8 Å². The minimum Gasteiger partial charge on any atom is -0.345 e. The molecule has 0 aliphatic heterocycles. The number of nitrogens with one attached hydrogen (secondary N) is 1. The molecule has 0 radical (unpaired) electrons. The normalized spacial score (nSPS) is 26.3. The van der Waals surface area contributed by atoms with Gasteiger partial charge in [-0.3, -0.25) is 4.79 Å². The maximum Gasteiger partial charge on any atom is 0.225 e. The molecule has 0 heterocycles. The summed E-state index contributed by atoms with van der Waals surface area (Å²) in [5.41, 5.74) is 5.79. The molecule has 72 valence electrons. The van der Waals surface area contributed by atoms with E-state index < -0.39 is 0 Å². The Balaban J connectivity index is 2.33. The van der Waals surface area contributed by atoms with Crippen molar-refractivity contribution in [1.82, 2.24) is 5.32 Å². The molecule has 1 fully saturated rings. The average Bonchev–Trinajstić information content (AvgIpc) is 2.52. The highest BCUT2D eigenvalue weighted by Crippen LogP contribution is 2.23. The maximum atomic E-state index is 11.5. The van der Waals surface area contributed by atoms with Crippen LogP contribution >= 0.6 is 0 Å². The van der Waals surface area contributed by atoms with Crippen LogP contribution in [0.4, 0.5) is 0 Å². The first-order chi connectivity index (χ1) is 6.25. The first-order valence-electron chi connectivity index (χ1n) is 4.68. The standard InChI is InChI=1S/C10H16N2O/c1-2-3-7-12-10(13)8-5-4-6-9(8)11/h8-9H,4-7,11H2,1H3,(H,12,13). The summed E-state index contributed by atoms with van der Waals surface area (Å²) >= 11 is 0. The SMILES string of the molecule is CC#CCNC(=O)C1CCCC1N. The molecule has 1 aliphatic carbocycles. The summed E-state index contributed by atoms with van der Waals surface area (Å²) in [6, 6.07) is 0.0505. The van der Waals surface area contributed by atoms with Gasteiger partial charge in [0.25, 0.3) is 0 Å². The van der Waals surface area contributed by atoms with E-state index in [9.17, 15) is 4.79 Å².